The van der Waals surface area contributed by atoms with Gasteiger partial charge in [0.2, 0.25) is 0 Å². The summed E-state index contributed by atoms with van der Waals surface area (Å²) in [5.74, 6) is 0. The van der Waals surface area contributed by atoms with Gasteiger partial charge >= 0.3 is 0 Å². The van der Waals surface area contributed by atoms with Gasteiger partial charge in [0.05, 0.1) is 5.69 Å². The summed E-state index contributed by atoms with van der Waals surface area (Å²) < 4.78 is 0. The number of hydrogen-bond acceptors (Lipinski definition) is 1. The molecule has 114 valence electrons. The highest BCUT2D eigenvalue weighted by molar-refractivity contribution is 5.58. The van der Waals surface area contributed by atoms with Crippen LogP contribution in [0.25, 0.3) is 11.3 Å². The van der Waals surface area contributed by atoms with E-state index < -0.39 is 0 Å². The van der Waals surface area contributed by atoms with E-state index in [9.17, 15) is 0 Å². The molecule has 0 N–H and O–H groups in total. The molecule has 2 rings (SSSR count). The minimum atomic E-state index is 1.03. The van der Waals surface area contributed by atoms with Crippen molar-refractivity contribution in [2.75, 3.05) is 0 Å². The van der Waals surface area contributed by atoms with Crippen molar-refractivity contribution >= 4 is 0 Å². The van der Waals surface area contributed by atoms with Gasteiger partial charge in [-0.2, -0.15) is 0 Å². The Morgan fingerprint density at radius 1 is 0.550 bits per heavy atom. The predicted octanol–water partition coefficient (Wildman–Crippen LogP) is 6.85. The summed E-state index contributed by atoms with van der Waals surface area (Å²) in [7, 11) is 0. The maximum atomic E-state index is 4.25. The first kappa shape index (κ1) is 23.5. The van der Waals surface area contributed by atoms with Crippen LogP contribution in [0.1, 0.15) is 55.4 Å². The summed E-state index contributed by atoms with van der Waals surface area (Å²) >= 11 is 0. The Balaban J connectivity index is -0.000000314. The van der Waals surface area contributed by atoms with Crippen LogP contribution in [-0.4, -0.2) is 4.98 Å². The third-order valence-electron chi connectivity index (χ3n) is 1.73. The summed E-state index contributed by atoms with van der Waals surface area (Å²) in [6, 6.07) is 16.1. The zero-order valence-corrected chi connectivity index (χ0v) is 14.6. The van der Waals surface area contributed by atoms with Crippen molar-refractivity contribution in [2.45, 2.75) is 55.4 Å². The molecular weight excluding hydrogens is 242 g/mol. The van der Waals surface area contributed by atoms with E-state index in [1.54, 1.807) is 0 Å². The van der Waals surface area contributed by atoms with Gasteiger partial charge in [0.15, 0.2) is 0 Å². The van der Waals surface area contributed by atoms with Gasteiger partial charge in [0, 0.05) is 11.8 Å². The van der Waals surface area contributed by atoms with Crippen LogP contribution in [0, 0.1) is 0 Å². The van der Waals surface area contributed by atoms with E-state index in [0.717, 1.165) is 11.3 Å². The van der Waals surface area contributed by atoms with Crippen molar-refractivity contribution < 1.29 is 0 Å². The maximum Gasteiger partial charge on any atom is 0.0701 e. The molecule has 2 aromatic rings. The topological polar surface area (TPSA) is 12.9 Å². The number of rotatable bonds is 1. The third-order valence-corrected chi connectivity index (χ3v) is 1.73. The zero-order chi connectivity index (χ0) is 16.2. The van der Waals surface area contributed by atoms with Gasteiger partial charge in [-0.25, -0.2) is 0 Å². The monoisotopic (exact) mass is 275 g/mol. The normalized spacial score (nSPS) is 7.00. The lowest BCUT2D eigenvalue weighted by Crippen LogP contribution is -1.79. The van der Waals surface area contributed by atoms with E-state index in [0.29, 0.717) is 0 Å². The molecule has 0 atom stereocenters. The Bertz CT molecular complexity index is 303. The number of nitrogens with zero attached hydrogens (tertiary/aromatic N) is 1. The lowest BCUT2D eigenvalue weighted by molar-refractivity contribution is 1.33. The Labute approximate surface area is 127 Å². The standard InChI is InChI=1S/C11H9N.4C2H6/c1-2-6-10(7-3-1)11-8-4-5-9-12-11;4*1-2/h1-9H;4*1-2H3. The van der Waals surface area contributed by atoms with Crippen LogP contribution in [0.5, 0.6) is 0 Å². The molecule has 0 saturated carbocycles. The Morgan fingerprint density at radius 3 is 1.40 bits per heavy atom. The van der Waals surface area contributed by atoms with Gasteiger partial charge in [-0.3, -0.25) is 4.98 Å². The molecule has 0 aliphatic heterocycles. The third kappa shape index (κ3) is 11.5. The van der Waals surface area contributed by atoms with Crippen LogP contribution >= 0.6 is 0 Å². The van der Waals surface area contributed by atoms with Gasteiger partial charge in [0.1, 0.15) is 0 Å². The summed E-state index contributed by atoms with van der Waals surface area (Å²) in [5, 5.41) is 0. The van der Waals surface area contributed by atoms with E-state index in [4.69, 9.17) is 0 Å². The van der Waals surface area contributed by atoms with Crippen LogP contribution in [0.2, 0.25) is 0 Å². The Kier molecular flexibility index (Phi) is 26.4. The molecule has 0 bridgehead atoms. The van der Waals surface area contributed by atoms with E-state index in [1.807, 2.05) is 98.0 Å². The smallest absolute Gasteiger partial charge is 0.0701 e. The first-order valence-electron chi connectivity index (χ1n) is 7.93. The second-order valence-corrected chi connectivity index (χ2v) is 2.58. The van der Waals surface area contributed by atoms with Gasteiger partial charge < -0.3 is 0 Å². The average molecular weight is 275 g/mol. The fraction of sp³-hybridized carbons (Fsp3) is 0.421. The molecule has 20 heavy (non-hydrogen) atoms. The molecule has 1 aromatic carbocycles. The minimum Gasteiger partial charge on any atom is -0.256 e. The molecule has 0 aliphatic rings. The van der Waals surface area contributed by atoms with E-state index in [2.05, 4.69) is 17.1 Å². The quantitative estimate of drug-likeness (QED) is 0.554. The van der Waals surface area contributed by atoms with Gasteiger partial charge in [-0.15, -0.1) is 0 Å². The van der Waals surface area contributed by atoms with Crippen molar-refractivity contribution in [1.82, 2.24) is 4.98 Å². The summed E-state index contributed by atoms with van der Waals surface area (Å²) in [6.07, 6.45) is 1.81. The van der Waals surface area contributed by atoms with Crippen molar-refractivity contribution in [3.05, 3.63) is 54.7 Å². The van der Waals surface area contributed by atoms with Crippen LogP contribution in [0.3, 0.4) is 0 Å². The highest BCUT2D eigenvalue weighted by Gasteiger charge is 1.93. The fourth-order valence-electron chi connectivity index (χ4n) is 1.14. The van der Waals surface area contributed by atoms with Crippen LogP contribution < -0.4 is 0 Å². The largest absolute Gasteiger partial charge is 0.256 e. The summed E-state index contributed by atoms with van der Waals surface area (Å²) in [5.41, 5.74) is 2.19. The van der Waals surface area contributed by atoms with Gasteiger partial charge in [-0.05, 0) is 12.1 Å². The molecule has 0 saturated heterocycles. The predicted molar refractivity (Wildman–Crippen MR) is 95.1 cm³/mol. The highest BCUT2D eigenvalue weighted by Crippen LogP contribution is 2.14. The second-order valence-electron chi connectivity index (χ2n) is 2.58. The molecule has 1 aromatic heterocycles. The molecule has 0 amide bonds. The first-order valence-corrected chi connectivity index (χ1v) is 7.93. The van der Waals surface area contributed by atoms with E-state index >= 15 is 0 Å². The molecule has 1 nitrogen and oxygen atoms in total. The van der Waals surface area contributed by atoms with Gasteiger partial charge in [-0.1, -0.05) is 91.8 Å². The van der Waals surface area contributed by atoms with Crippen LogP contribution in [0.15, 0.2) is 54.7 Å². The van der Waals surface area contributed by atoms with Crippen LogP contribution in [0.4, 0.5) is 0 Å². The molecule has 0 radical (unpaired) electrons. The molecule has 0 aliphatic carbocycles. The molecule has 1 heterocycles. The Hall–Kier alpha value is -1.63. The van der Waals surface area contributed by atoms with E-state index in [1.165, 1.54) is 0 Å². The fourth-order valence-corrected chi connectivity index (χ4v) is 1.14. The lowest BCUT2D eigenvalue weighted by atomic mass is 10.1. The molecule has 0 fully saturated rings. The van der Waals surface area contributed by atoms with Gasteiger partial charge in [0.25, 0.3) is 0 Å². The molecule has 0 spiro atoms. The van der Waals surface area contributed by atoms with Crippen LogP contribution in [-0.2, 0) is 0 Å². The number of hydrogen-bond donors (Lipinski definition) is 0. The van der Waals surface area contributed by atoms with E-state index in [-0.39, 0.29) is 0 Å². The summed E-state index contributed by atoms with van der Waals surface area (Å²) in [6.45, 7) is 16.0. The maximum absolute atomic E-state index is 4.25. The average Bonchev–Trinajstić information content (AvgIpc) is 2.63. The number of aromatic nitrogens is 1. The van der Waals surface area contributed by atoms with Crippen molar-refractivity contribution in [1.29, 1.82) is 0 Å². The molecule has 0 unspecified atom stereocenters. The first-order chi connectivity index (χ1) is 9.97. The molecular formula is C19H33N. The van der Waals surface area contributed by atoms with Crippen molar-refractivity contribution in [3.63, 3.8) is 0 Å². The Morgan fingerprint density at radius 2 is 1.00 bits per heavy atom. The SMILES string of the molecule is CC.CC.CC.CC.c1ccc(-c2ccccn2)cc1. The second kappa shape index (κ2) is 22.5. The summed E-state index contributed by atoms with van der Waals surface area (Å²) in [4.78, 5) is 4.25. The highest BCUT2D eigenvalue weighted by atomic mass is 14.7. The van der Waals surface area contributed by atoms with Crippen molar-refractivity contribution in [3.8, 4) is 11.3 Å². The molecule has 1 heteroatoms. The van der Waals surface area contributed by atoms with Crippen molar-refractivity contribution in [2.24, 2.45) is 0 Å². The number of pyridine rings is 1. The number of benzene rings is 1. The minimum absolute atomic E-state index is 1.03. The zero-order valence-electron chi connectivity index (χ0n) is 14.6. The lowest BCUT2D eigenvalue weighted by Gasteiger charge is -1.97.